The van der Waals surface area contributed by atoms with E-state index < -0.39 is 97.5 Å². The normalized spacial score (nSPS) is 14.6. The molecule has 0 aliphatic heterocycles. The molecule has 17 nitrogen and oxygen atoms in total. The van der Waals surface area contributed by atoms with Crippen molar-refractivity contribution < 1.29 is 80.2 Å². The smallest absolute Gasteiger partial charge is 0.462 e. The van der Waals surface area contributed by atoms with E-state index in [0.29, 0.717) is 25.7 Å². The lowest BCUT2D eigenvalue weighted by atomic mass is 10.1. The number of ether oxygens (including phenoxy) is 4. The van der Waals surface area contributed by atoms with Crippen LogP contribution in [0.2, 0.25) is 0 Å². The molecule has 0 radical (unpaired) electrons. The lowest BCUT2D eigenvalue weighted by molar-refractivity contribution is -0.161. The highest BCUT2D eigenvalue weighted by Crippen LogP contribution is 2.45. The van der Waals surface area contributed by atoms with Crippen LogP contribution in [0.4, 0.5) is 0 Å². The Bertz CT molecular complexity index is 2250. The van der Waals surface area contributed by atoms with Crippen LogP contribution in [0.25, 0.3) is 0 Å². The monoisotopic (exact) mass is 1390 g/mol. The van der Waals surface area contributed by atoms with E-state index in [1.807, 2.05) is 0 Å². The SMILES string of the molecule is CC/C=C\C/C=C\C/C=C\C/C=C\C/C=C\CCCCCC(=O)OCC(COP(=O)(O)OCC(O)COP(=O)(O)OCC(COC(=O)CCCCCCC/C=C\C/C=C\CCCCC)OC(=O)CCCCCCC/C=C\CCCC)OC(=O)CCCCCCC/C=C\CCCC. The molecule has 5 unspecified atom stereocenters. The first-order valence-corrected chi connectivity index (χ1v) is 40.1. The van der Waals surface area contributed by atoms with E-state index in [1.165, 1.54) is 44.9 Å². The predicted molar refractivity (Wildman–Crippen MR) is 390 cm³/mol. The van der Waals surface area contributed by atoms with Gasteiger partial charge in [-0.3, -0.25) is 37.3 Å². The number of esters is 4. The van der Waals surface area contributed by atoms with Crippen molar-refractivity contribution in [1.29, 1.82) is 0 Å². The Labute approximate surface area is 581 Å². The summed E-state index contributed by atoms with van der Waals surface area (Å²) < 4.78 is 68.3. The second kappa shape index (κ2) is 69.2. The summed E-state index contributed by atoms with van der Waals surface area (Å²) in [5, 5.41) is 10.6. The number of unbranched alkanes of at least 4 members (excludes halogenated alkanes) is 25. The van der Waals surface area contributed by atoms with Gasteiger partial charge in [0.15, 0.2) is 12.2 Å². The van der Waals surface area contributed by atoms with Crippen molar-refractivity contribution in [2.24, 2.45) is 0 Å². The summed E-state index contributed by atoms with van der Waals surface area (Å²) in [6, 6.07) is 0. The van der Waals surface area contributed by atoms with Crippen LogP contribution in [0, 0.1) is 0 Å². The number of rotatable bonds is 69. The molecule has 552 valence electrons. The Balaban J connectivity index is 5.33. The molecule has 0 fully saturated rings. The Hall–Kier alpha value is -4.28. The first-order valence-electron chi connectivity index (χ1n) is 37.1. The lowest BCUT2D eigenvalue weighted by Crippen LogP contribution is -2.30. The van der Waals surface area contributed by atoms with Gasteiger partial charge in [-0.1, -0.05) is 240 Å². The number of aliphatic hydroxyl groups is 1. The summed E-state index contributed by atoms with van der Waals surface area (Å²) in [7, 11) is -9.96. The molecular formula is C77H132O17P2. The molecule has 0 bridgehead atoms. The van der Waals surface area contributed by atoms with Gasteiger partial charge in [-0.25, -0.2) is 9.13 Å². The second-order valence-corrected chi connectivity index (χ2v) is 27.4. The fraction of sp³-hybridized carbons (Fsp3) is 0.714. The minimum absolute atomic E-state index is 0.0750. The number of allylic oxidation sites excluding steroid dienone is 18. The minimum atomic E-state index is -4.98. The fourth-order valence-electron chi connectivity index (χ4n) is 9.47. The van der Waals surface area contributed by atoms with Crippen molar-refractivity contribution in [1.82, 2.24) is 0 Å². The third-order valence-electron chi connectivity index (χ3n) is 15.2. The quantitative estimate of drug-likeness (QED) is 0.0169. The van der Waals surface area contributed by atoms with Gasteiger partial charge >= 0.3 is 39.5 Å². The Kier molecular flexibility index (Phi) is 66.1. The highest BCUT2D eigenvalue weighted by atomic mass is 31.2. The molecule has 0 spiro atoms. The number of carbonyl (C=O) groups is 4. The zero-order chi connectivity index (χ0) is 70.4. The summed E-state index contributed by atoms with van der Waals surface area (Å²) >= 11 is 0. The third-order valence-corrected chi connectivity index (χ3v) is 17.1. The van der Waals surface area contributed by atoms with Crippen molar-refractivity contribution in [3.8, 4) is 0 Å². The van der Waals surface area contributed by atoms with Gasteiger partial charge in [0.2, 0.25) is 0 Å². The van der Waals surface area contributed by atoms with E-state index in [9.17, 15) is 43.2 Å². The molecule has 0 aliphatic carbocycles. The highest BCUT2D eigenvalue weighted by Gasteiger charge is 2.30. The van der Waals surface area contributed by atoms with Crippen LogP contribution < -0.4 is 0 Å². The molecule has 5 atom stereocenters. The Morgan fingerprint density at radius 1 is 0.302 bits per heavy atom. The lowest BCUT2D eigenvalue weighted by Gasteiger charge is -2.21. The van der Waals surface area contributed by atoms with E-state index in [-0.39, 0.29) is 25.7 Å². The first kappa shape index (κ1) is 91.7. The molecule has 96 heavy (non-hydrogen) atoms. The summed E-state index contributed by atoms with van der Waals surface area (Å²) in [6.07, 6.45) is 72.4. The van der Waals surface area contributed by atoms with E-state index >= 15 is 0 Å². The Morgan fingerprint density at radius 2 is 0.552 bits per heavy atom. The van der Waals surface area contributed by atoms with Crippen molar-refractivity contribution in [3.63, 3.8) is 0 Å². The summed E-state index contributed by atoms with van der Waals surface area (Å²) in [5.74, 6) is -2.24. The minimum Gasteiger partial charge on any atom is -0.462 e. The number of phosphoric acid groups is 2. The van der Waals surface area contributed by atoms with Crippen LogP contribution in [0.5, 0.6) is 0 Å². The number of aliphatic hydroxyl groups excluding tert-OH is 1. The molecule has 0 heterocycles. The van der Waals surface area contributed by atoms with Crippen LogP contribution in [-0.2, 0) is 65.4 Å². The van der Waals surface area contributed by atoms with E-state index in [0.717, 1.165) is 173 Å². The number of carbonyl (C=O) groups excluding carboxylic acids is 4. The van der Waals surface area contributed by atoms with Crippen molar-refractivity contribution in [2.75, 3.05) is 39.6 Å². The number of phosphoric ester groups is 2. The van der Waals surface area contributed by atoms with Crippen molar-refractivity contribution in [2.45, 2.75) is 316 Å². The summed E-state index contributed by atoms with van der Waals surface area (Å²) in [6.45, 7) is 4.57. The van der Waals surface area contributed by atoms with Gasteiger partial charge < -0.3 is 33.8 Å². The number of hydrogen-bond donors (Lipinski definition) is 3. The molecule has 0 aromatic carbocycles. The first-order chi connectivity index (χ1) is 46.7. The van der Waals surface area contributed by atoms with Gasteiger partial charge in [-0.2, -0.15) is 0 Å². The van der Waals surface area contributed by atoms with Crippen LogP contribution in [-0.4, -0.2) is 96.7 Å². The molecule has 0 amide bonds. The van der Waals surface area contributed by atoms with Gasteiger partial charge in [0.05, 0.1) is 26.4 Å². The predicted octanol–water partition coefficient (Wildman–Crippen LogP) is 21.0. The third kappa shape index (κ3) is 68.3. The highest BCUT2D eigenvalue weighted by molar-refractivity contribution is 7.47. The van der Waals surface area contributed by atoms with Crippen LogP contribution >= 0.6 is 15.6 Å². The zero-order valence-electron chi connectivity index (χ0n) is 60.0. The van der Waals surface area contributed by atoms with Gasteiger partial charge in [0.25, 0.3) is 0 Å². The number of hydrogen-bond acceptors (Lipinski definition) is 15. The standard InChI is InChI=1S/C77H132O17P2/c1-5-9-13-17-21-25-29-31-33-34-35-36-38-40-44-46-50-54-58-62-75(80)88-68-73(94-77(82)64-60-56-52-48-42-28-24-20-16-12-8-4)70-92-96(85,86)90-66-71(78)65-89-95(83,84)91-69-72(93-76(81)63-59-55-51-47-41-27-23-19-15-11-7-3)67-87-74(79)61-57-53-49-45-43-39-37-32-30-26-22-18-14-10-6-2/h9,13,19-26,31-33,35-37,40,44,71-73,78H,5-8,10-12,14-18,27-30,34,38-39,41-43,45-70H2,1-4H3,(H,83,84)(H,85,86)/b13-9-,23-19-,24-20-,25-21-,26-22-,33-31-,36-35-,37-32-,44-40-. The van der Waals surface area contributed by atoms with Gasteiger partial charge in [-0.05, 0) is 141 Å². The van der Waals surface area contributed by atoms with Gasteiger partial charge in [-0.15, -0.1) is 0 Å². The molecule has 0 aliphatic rings. The molecule has 3 N–H and O–H groups in total. The maximum absolute atomic E-state index is 13.0. The van der Waals surface area contributed by atoms with E-state index in [4.69, 9.17) is 37.0 Å². The maximum atomic E-state index is 13.0. The van der Waals surface area contributed by atoms with E-state index in [2.05, 4.69) is 137 Å². The summed E-state index contributed by atoms with van der Waals surface area (Å²) in [5.41, 5.74) is 0. The molecular weight excluding hydrogens is 1260 g/mol. The molecule has 0 rings (SSSR count). The van der Waals surface area contributed by atoms with Crippen molar-refractivity contribution in [3.05, 3.63) is 109 Å². The zero-order valence-corrected chi connectivity index (χ0v) is 61.8. The molecule has 19 heteroatoms. The summed E-state index contributed by atoms with van der Waals surface area (Å²) in [4.78, 5) is 72.7. The second-order valence-electron chi connectivity index (χ2n) is 24.5. The van der Waals surface area contributed by atoms with Crippen LogP contribution in [0.3, 0.4) is 0 Å². The average molecular weight is 1390 g/mol. The van der Waals surface area contributed by atoms with Gasteiger partial charge in [0.1, 0.15) is 19.3 Å². The molecule has 0 saturated heterocycles. The van der Waals surface area contributed by atoms with Crippen LogP contribution in [0.15, 0.2) is 109 Å². The van der Waals surface area contributed by atoms with Crippen molar-refractivity contribution >= 4 is 39.5 Å². The van der Waals surface area contributed by atoms with Crippen LogP contribution in [0.1, 0.15) is 297 Å². The molecule has 0 aromatic rings. The average Bonchev–Trinajstić information content (AvgIpc) is 1.15. The van der Waals surface area contributed by atoms with Gasteiger partial charge in [0, 0.05) is 25.7 Å². The Morgan fingerprint density at radius 3 is 0.885 bits per heavy atom. The molecule has 0 aromatic heterocycles. The maximum Gasteiger partial charge on any atom is 0.472 e. The topological polar surface area (TPSA) is 237 Å². The largest absolute Gasteiger partial charge is 0.472 e. The van der Waals surface area contributed by atoms with E-state index in [1.54, 1.807) is 0 Å². The fourth-order valence-corrected chi connectivity index (χ4v) is 11.1. The molecule has 0 saturated carbocycles.